The highest BCUT2D eigenvalue weighted by Crippen LogP contribution is 2.30. The van der Waals surface area contributed by atoms with Crippen LogP contribution in [0.15, 0.2) is 41.0 Å². The number of ether oxygens (including phenoxy) is 2. The van der Waals surface area contributed by atoms with Crippen molar-refractivity contribution >= 4 is 11.9 Å². The first-order valence-corrected chi connectivity index (χ1v) is 8.99. The molecule has 1 aromatic carbocycles. The number of hydrogen-bond acceptors (Lipinski definition) is 5. The van der Waals surface area contributed by atoms with Gasteiger partial charge in [-0.1, -0.05) is 71.9 Å². The highest BCUT2D eigenvalue weighted by molar-refractivity contribution is 6.07. The Morgan fingerprint density at radius 3 is 1.89 bits per heavy atom. The van der Waals surface area contributed by atoms with Gasteiger partial charge in [0, 0.05) is 5.56 Å². The summed E-state index contributed by atoms with van der Waals surface area (Å²) in [6.45, 7) is 12.2. The predicted octanol–water partition coefficient (Wildman–Crippen LogP) is 5.35. The molecule has 0 aliphatic rings. The Labute approximate surface area is 160 Å². The molecule has 2 aromatic rings. The van der Waals surface area contributed by atoms with Gasteiger partial charge in [-0.25, -0.2) is 9.59 Å². The summed E-state index contributed by atoms with van der Waals surface area (Å²) in [5.74, 6) is -0.893. The van der Waals surface area contributed by atoms with Crippen molar-refractivity contribution in [1.82, 2.24) is 0 Å². The number of carbonyl (C=O) groups is 2. The summed E-state index contributed by atoms with van der Waals surface area (Å²) in [6.07, 6.45) is 1.26. The fourth-order valence-electron chi connectivity index (χ4n) is 2.23. The van der Waals surface area contributed by atoms with Gasteiger partial charge in [0.1, 0.15) is 23.2 Å². The Morgan fingerprint density at radius 1 is 0.852 bits per heavy atom. The molecule has 0 bridgehead atoms. The molecule has 146 valence electrons. The summed E-state index contributed by atoms with van der Waals surface area (Å²) >= 11 is 0. The summed E-state index contributed by atoms with van der Waals surface area (Å²) in [7, 11) is 0. The van der Waals surface area contributed by atoms with E-state index in [1.807, 2.05) is 71.9 Å². The monoisotopic (exact) mass is 372 g/mol. The highest BCUT2D eigenvalue weighted by Gasteiger charge is 2.29. The standard InChI is InChI=1S/C22H28O5/c1-21(2,3)13-26-19(23)16-12-25-18(15-10-8-7-9-11-15)17(16)20(24)27-14-22(4,5)6/h7-12H,13-14H2,1-6H3. The molecule has 0 spiro atoms. The Hall–Kier alpha value is -2.56. The Kier molecular flexibility index (Phi) is 6.14. The van der Waals surface area contributed by atoms with E-state index < -0.39 is 11.9 Å². The van der Waals surface area contributed by atoms with Crippen LogP contribution in [0.5, 0.6) is 0 Å². The smallest absolute Gasteiger partial charge is 0.343 e. The lowest BCUT2D eigenvalue weighted by molar-refractivity contribution is 0.0324. The van der Waals surface area contributed by atoms with Gasteiger partial charge in [0.15, 0.2) is 0 Å². The van der Waals surface area contributed by atoms with Crippen LogP contribution in [-0.2, 0) is 9.47 Å². The second kappa shape index (κ2) is 7.99. The van der Waals surface area contributed by atoms with Crippen molar-refractivity contribution in [2.45, 2.75) is 41.5 Å². The lowest BCUT2D eigenvalue weighted by Crippen LogP contribution is -2.22. The third-order valence-electron chi connectivity index (χ3n) is 3.52. The molecular formula is C22H28O5. The number of benzene rings is 1. The minimum atomic E-state index is -0.599. The van der Waals surface area contributed by atoms with Crippen molar-refractivity contribution in [3.8, 4) is 11.3 Å². The third kappa shape index (κ3) is 5.98. The van der Waals surface area contributed by atoms with Gasteiger partial charge in [-0.2, -0.15) is 0 Å². The van der Waals surface area contributed by atoms with Crippen molar-refractivity contribution < 1.29 is 23.5 Å². The summed E-state index contributed by atoms with van der Waals surface area (Å²) in [4.78, 5) is 25.4. The van der Waals surface area contributed by atoms with Gasteiger partial charge >= 0.3 is 11.9 Å². The van der Waals surface area contributed by atoms with E-state index in [1.165, 1.54) is 6.26 Å². The molecule has 5 nitrogen and oxygen atoms in total. The zero-order chi connectivity index (χ0) is 20.2. The summed E-state index contributed by atoms with van der Waals surface area (Å²) in [5, 5.41) is 0. The van der Waals surface area contributed by atoms with E-state index in [2.05, 4.69) is 0 Å². The summed E-state index contributed by atoms with van der Waals surface area (Å²) in [5.41, 5.74) is 0.491. The number of rotatable bonds is 5. The van der Waals surface area contributed by atoms with E-state index in [0.717, 1.165) is 0 Å². The van der Waals surface area contributed by atoms with Crippen molar-refractivity contribution in [3.05, 3.63) is 47.7 Å². The van der Waals surface area contributed by atoms with E-state index in [0.29, 0.717) is 11.3 Å². The van der Waals surface area contributed by atoms with Gasteiger partial charge in [0.05, 0.1) is 13.2 Å². The van der Waals surface area contributed by atoms with Crippen LogP contribution >= 0.6 is 0 Å². The lowest BCUT2D eigenvalue weighted by atomic mass is 9.98. The Morgan fingerprint density at radius 2 is 1.37 bits per heavy atom. The first kappa shape index (κ1) is 20.7. The summed E-state index contributed by atoms with van der Waals surface area (Å²) < 4.78 is 16.4. The normalized spacial score (nSPS) is 11.9. The van der Waals surface area contributed by atoms with Gasteiger partial charge in [0.25, 0.3) is 0 Å². The molecule has 1 aromatic heterocycles. The van der Waals surface area contributed by atoms with Gasteiger partial charge in [0.2, 0.25) is 0 Å². The number of furan rings is 1. The molecule has 0 aliphatic heterocycles. The van der Waals surface area contributed by atoms with E-state index in [-0.39, 0.29) is 35.2 Å². The van der Waals surface area contributed by atoms with E-state index in [4.69, 9.17) is 13.9 Å². The van der Waals surface area contributed by atoms with Gasteiger partial charge < -0.3 is 13.9 Å². The van der Waals surface area contributed by atoms with Gasteiger partial charge in [-0.3, -0.25) is 0 Å². The minimum Gasteiger partial charge on any atom is -0.462 e. The SMILES string of the molecule is CC(C)(C)COC(=O)c1coc(-c2ccccc2)c1C(=O)OCC(C)(C)C. The lowest BCUT2D eigenvalue weighted by Gasteiger charge is -2.19. The predicted molar refractivity (Wildman–Crippen MR) is 104 cm³/mol. The number of esters is 2. The molecule has 0 saturated heterocycles. The molecule has 0 atom stereocenters. The molecule has 0 radical (unpaired) electrons. The Balaban J connectivity index is 2.38. The minimum absolute atomic E-state index is 0.0806. The van der Waals surface area contributed by atoms with Crippen LogP contribution < -0.4 is 0 Å². The van der Waals surface area contributed by atoms with E-state index in [1.54, 1.807) is 0 Å². The fraction of sp³-hybridized carbons (Fsp3) is 0.455. The molecule has 5 heteroatoms. The molecule has 2 rings (SSSR count). The van der Waals surface area contributed by atoms with Gasteiger partial charge in [-0.15, -0.1) is 0 Å². The number of hydrogen-bond donors (Lipinski definition) is 0. The van der Waals surface area contributed by atoms with Crippen LogP contribution in [0, 0.1) is 10.8 Å². The van der Waals surface area contributed by atoms with E-state index >= 15 is 0 Å². The highest BCUT2D eigenvalue weighted by atomic mass is 16.5. The fourth-order valence-corrected chi connectivity index (χ4v) is 2.23. The van der Waals surface area contributed by atoms with Crippen LogP contribution in [0.2, 0.25) is 0 Å². The molecule has 0 amide bonds. The molecule has 0 unspecified atom stereocenters. The van der Waals surface area contributed by atoms with Crippen LogP contribution in [0.4, 0.5) is 0 Å². The Bertz CT molecular complexity index is 788. The molecular weight excluding hydrogens is 344 g/mol. The average Bonchev–Trinajstić information content (AvgIpc) is 3.02. The van der Waals surface area contributed by atoms with Crippen molar-refractivity contribution in [2.24, 2.45) is 10.8 Å². The first-order chi connectivity index (χ1) is 12.5. The maximum absolute atomic E-state index is 12.8. The van der Waals surface area contributed by atoms with Crippen LogP contribution in [0.3, 0.4) is 0 Å². The third-order valence-corrected chi connectivity index (χ3v) is 3.52. The van der Waals surface area contributed by atoms with Crippen molar-refractivity contribution in [1.29, 1.82) is 0 Å². The maximum Gasteiger partial charge on any atom is 0.343 e. The topological polar surface area (TPSA) is 65.7 Å². The van der Waals surface area contributed by atoms with Gasteiger partial charge in [-0.05, 0) is 10.8 Å². The molecule has 0 N–H and O–H groups in total. The van der Waals surface area contributed by atoms with Crippen LogP contribution in [0.25, 0.3) is 11.3 Å². The van der Waals surface area contributed by atoms with Crippen molar-refractivity contribution in [2.75, 3.05) is 13.2 Å². The van der Waals surface area contributed by atoms with E-state index in [9.17, 15) is 9.59 Å². The second-order valence-corrected chi connectivity index (χ2v) is 8.99. The zero-order valence-corrected chi connectivity index (χ0v) is 16.9. The molecule has 1 heterocycles. The molecule has 0 aliphatic carbocycles. The molecule has 0 fully saturated rings. The molecule has 0 saturated carbocycles. The largest absolute Gasteiger partial charge is 0.462 e. The average molecular weight is 372 g/mol. The van der Waals surface area contributed by atoms with Crippen LogP contribution in [0.1, 0.15) is 62.3 Å². The molecule has 27 heavy (non-hydrogen) atoms. The number of carbonyl (C=O) groups excluding carboxylic acids is 2. The maximum atomic E-state index is 12.8. The quantitative estimate of drug-likeness (QED) is 0.662. The zero-order valence-electron chi connectivity index (χ0n) is 16.9. The van der Waals surface area contributed by atoms with Crippen molar-refractivity contribution in [3.63, 3.8) is 0 Å². The summed E-state index contributed by atoms with van der Waals surface area (Å²) in [6, 6.07) is 9.15. The van der Waals surface area contributed by atoms with Crippen LogP contribution in [-0.4, -0.2) is 25.2 Å². The first-order valence-electron chi connectivity index (χ1n) is 8.99. The second-order valence-electron chi connectivity index (χ2n) is 8.99.